The molecule has 20 heavy (non-hydrogen) atoms. The van der Waals surface area contributed by atoms with Crippen LogP contribution in [-0.4, -0.2) is 18.7 Å². The number of nitrogens with zero attached hydrogens (tertiary/aromatic N) is 1. The van der Waals surface area contributed by atoms with Crippen molar-refractivity contribution in [1.29, 1.82) is 0 Å². The lowest BCUT2D eigenvalue weighted by Gasteiger charge is -2.06. The molecule has 0 bridgehead atoms. The topological polar surface area (TPSA) is 63.8 Å². The highest BCUT2D eigenvalue weighted by atomic mass is 35.5. The summed E-state index contributed by atoms with van der Waals surface area (Å²) in [5, 5.41) is 4.40. The van der Waals surface area contributed by atoms with E-state index in [9.17, 15) is 4.79 Å². The number of carbonyl (C=O) groups excluding carboxylic acids is 1. The van der Waals surface area contributed by atoms with Gasteiger partial charge in [0.25, 0.3) is 5.91 Å². The summed E-state index contributed by atoms with van der Waals surface area (Å²) in [5.74, 6) is 0.775. The fourth-order valence-electron chi connectivity index (χ4n) is 1.42. The Bertz CT molecular complexity index is 609. The molecule has 0 fully saturated rings. The number of nitrogens with one attached hydrogen (secondary N) is 1. The maximum absolute atomic E-state index is 11.5. The first-order valence-corrected chi connectivity index (χ1v) is 6.27. The molecule has 6 heteroatoms. The van der Waals surface area contributed by atoms with E-state index in [1.54, 1.807) is 30.3 Å². The number of ether oxygens (including phenoxy) is 1. The molecule has 1 aromatic carbocycles. The maximum atomic E-state index is 11.5. The monoisotopic (exact) mass is 292 g/mol. The summed E-state index contributed by atoms with van der Waals surface area (Å²) < 4.78 is 10.3. The third kappa shape index (κ3) is 4.13. The minimum absolute atomic E-state index is 0.128. The smallest absolute Gasteiger partial charge is 0.277 e. The van der Waals surface area contributed by atoms with Gasteiger partial charge in [0.05, 0.1) is 12.5 Å². The van der Waals surface area contributed by atoms with Crippen LogP contribution in [0, 0.1) is 6.92 Å². The number of amides is 1. The van der Waals surface area contributed by atoms with E-state index in [0.29, 0.717) is 16.5 Å². The van der Waals surface area contributed by atoms with Gasteiger partial charge >= 0.3 is 0 Å². The number of halogens is 1. The van der Waals surface area contributed by atoms with Crippen LogP contribution in [0.5, 0.6) is 5.75 Å². The van der Waals surface area contributed by atoms with Crippen LogP contribution < -0.4 is 10.2 Å². The second-order valence-electron chi connectivity index (χ2n) is 4.01. The minimum Gasteiger partial charge on any atom is -0.484 e. The van der Waals surface area contributed by atoms with Gasteiger partial charge in [0, 0.05) is 5.02 Å². The van der Waals surface area contributed by atoms with Gasteiger partial charge in [-0.1, -0.05) is 11.6 Å². The summed E-state index contributed by atoms with van der Waals surface area (Å²) in [6.45, 7) is 1.74. The van der Waals surface area contributed by atoms with E-state index in [1.165, 1.54) is 12.5 Å². The standard InChI is InChI=1S/C14H13ClN2O3/c1-10-7-11(4-5-13(10)15)20-9-14(18)17-16-8-12-3-2-6-19-12/h2-8H,9H2,1H3,(H,17,18)/b16-8-. The Morgan fingerprint density at radius 1 is 1.50 bits per heavy atom. The summed E-state index contributed by atoms with van der Waals surface area (Å²) in [7, 11) is 0. The molecule has 5 nitrogen and oxygen atoms in total. The SMILES string of the molecule is Cc1cc(OCC(=O)N/N=C\c2ccco2)ccc1Cl. The Hall–Kier alpha value is -2.27. The Balaban J connectivity index is 1.78. The van der Waals surface area contributed by atoms with E-state index in [0.717, 1.165) is 5.56 Å². The summed E-state index contributed by atoms with van der Waals surface area (Å²) in [6, 6.07) is 8.65. The van der Waals surface area contributed by atoms with Crippen molar-refractivity contribution < 1.29 is 13.9 Å². The van der Waals surface area contributed by atoms with Gasteiger partial charge in [0.1, 0.15) is 11.5 Å². The van der Waals surface area contributed by atoms with Crippen LogP contribution in [0.3, 0.4) is 0 Å². The van der Waals surface area contributed by atoms with Gasteiger partial charge in [-0.2, -0.15) is 5.10 Å². The Morgan fingerprint density at radius 2 is 2.35 bits per heavy atom. The van der Waals surface area contributed by atoms with Gasteiger partial charge in [-0.05, 0) is 42.8 Å². The highest BCUT2D eigenvalue weighted by molar-refractivity contribution is 6.31. The molecule has 2 rings (SSSR count). The Labute approximate surface area is 121 Å². The van der Waals surface area contributed by atoms with Crippen LogP contribution >= 0.6 is 11.6 Å². The molecule has 0 spiro atoms. The van der Waals surface area contributed by atoms with Gasteiger partial charge in [-0.25, -0.2) is 5.43 Å². The zero-order valence-electron chi connectivity index (χ0n) is 10.8. The average molecular weight is 293 g/mol. The largest absolute Gasteiger partial charge is 0.484 e. The van der Waals surface area contributed by atoms with E-state index < -0.39 is 0 Å². The van der Waals surface area contributed by atoms with Crippen LogP contribution in [0.4, 0.5) is 0 Å². The minimum atomic E-state index is -0.361. The molecule has 1 amide bonds. The molecule has 0 aliphatic heterocycles. The van der Waals surface area contributed by atoms with Crippen molar-refractivity contribution in [2.75, 3.05) is 6.61 Å². The lowest BCUT2D eigenvalue weighted by atomic mass is 10.2. The molecule has 0 aliphatic rings. The molecular formula is C14H13ClN2O3. The first-order valence-electron chi connectivity index (χ1n) is 5.89. The second kappa shape index (κ2) is 6.77. The summed E-state index contributed by atoms with van der Waals surface area (Å²) in [6.07, 6.45) is 2.93. The van der Waals surface area contributed by atoms with Crippen LogP contribution in [0.1, 0.15) is 11.3 Å². The molecule has 2 aromatic rings. The fourth-order valence-corrected chi connectivity index (χ4v) is 1.54. The van der Waals surface area contributed by atoms with Gasteiger partial charge in [-0.3, -0.25) is 4.79 Å². The number of aryl methyl sites for hydroxylation is 1. The second-order valence-corrected chi connectivity index (χ2v) is 4.42. The predicted molar refractivity (Wildman–Crippen MR) is 76.1 cm³/mol. The molecule has 0 saturated heterocycles. The van der Waals surface area contributed by atoms with E-state index in [2.05, 4.69) is 10.5 Å². The van der Waals surface area contributed by atoms with Gasteiger partial charge in [-0.15, -0.1) is 0 Å². The van der Waals surface area contributed by atoms with Crippen molar-refractivity contribution in [2.24, 2.45) is 5.10 Å². The number of hydrogen-bond donors (Lipinski definition) is 1. The molecule has 0 radical (unpaired) electrons. The molecule has 1 N–H and O–H groups in total. The third-order valence-electron chi connectivity index (χ3n) is 2.42. The maximum Gasteiger partial charge on any atom is 0.277 e. The van der Waals surface area contributed by atoms with Gasteiger partial charge < -0.3 is 9.15 Å². The number of benzene rings is 1. The van der Waals surface area contributed by atoms with Crippen molar-refractivity contribution in [3.63, 3.8) is 0 Å². The Kier molecular flexibility index (Phi) is 4.79. The molecular weight excluding hydrogens is 280 g/mol. The number of carbonyl (C=O) groups is 1. The normalized spacial score (nSPS) is 10.7. The highest BCUT2D eigenvalue weighted by Crippen LogP contribution is 2.20. The van der Waals surface area contributed by atoms with Gasteiger partial charge in [0.15, 0.2) is 6.61 Å². The van der Waals surface area contributed by atoms with Crippen molar-refractivity contribution in [3.8, 4) is 5.75 Å². The highest BCUT2D eigenvalue weighted by Gasteiger charge is 2.03. The van der Waals surface area contributed by atoms with Crippen LogP contribution in [0.25, 0.3) is 0 Å². The molecule has 0 aliphatic carbocycles. The van der Waals surface area contributed by atoms with Crippen molar-refractivity contribution in [3.05, 3.63) is 52.9 Å². The molecule has 0 unspecified atom stereocenters. The number of hydrogen-bond acceptors (Lipinski definition) is 4. The zero-order chi connectivity index (χ0) is 14.4. The van der Waals surface area contributed by atoms with E-state index in [1.807, 2.05) is 6.92 Å². The summed E-state index contributed by atoms with van der Waals surface area (Å²) in [5.41, 5.74) is 3.23. The number of rotatable bonds is 5. The first kappa shape index (κ1) is 14.1. The lowest BCUT2D eigenvalue weighted by Crippen LogP contribution is -2.24. The van der Waals surface area contributed by atoms with Crippen molar-refractivity contribution in [1.82, 2.24) is 5.43 Å². The van der Waals surface area contributed by atoms with E-state index in [-0.39, 0.29) is 12.5 Å². The number of furan rings is 1. The van der Waals surface area contributed by atoms with Crippen LogP contribution in [0.2, 0.25) is 5.02 Å². The molecule has 1 heterocycles. The quantitative estimate of drug-likeness (QED) is 0.681. The lowest BCUT2D eigenvalue weighted by molar-refractivity contribution is -0.123. The summed E-state index contributed by atoms with van der Waals surface area (Å²) >= 11 is 5.90. The van der Waals surface area contributed by atoms with E-state index >= 15 is 0 Å². The molecule has 0 atom stereocenters. The predicted octanol–water partition coefficient (Wildman–Crippen LogP) is 2.77. The van der Waals surface area contributed by atoms with E-state index in [4.69, 9.17) is 20.8 Å². The summed E-state index contributed by atoms with van der Waals surface area (Å²) in [4.78, 5) is 11.5. The molecule has 1 aromatic heterocycles. The number of hydrazone groups is 1. The molecule has 0 saturated carbocycles. The average Bonchev–Trinajstić information content (AvgIpc) is 2.93. The first-order chi connectivity index (χ1) is 9.65. The third-order valence-corrected chi connectivity index (χ3v) is 2.85. The van der Waals surface area contributed by atoms with Crippen LogP contribution in [-0.2, 0) is 4.79 Å². The van der Waals surface area contributed by atoms with Gasteiger partial charge in [0.2, 0.25) is 0 Å². The Morgan fingerprint density at radius 3 is 3.05 bits per heavy atom. The van der Waals surface area contributed by atoms with Crippen molar-refractivity contribution in [2.45, 2.75) is 6.92 Å². The fraction of sp³-hybridized carbons (Fsp3) is 0.143. The molecule has 104 valence electrons. The van der Waals surface area contributed by atoms with Crippen LogP contribution in [0.15, 0.2) is 46.1 Å². The zero-order valence-corrected chi connectivity index (χ0v) is 11.6. The van der Waals surface area contributed by atoms with Crippen molar-refractivity contribution >= 4 is 23.7 Å².